The minimum absolute atomic E-state index is 0.601. The molecule has 0 aliphatic carbocycles. The van der Waals surface area contributed by atoms with Crippen LogP contribution in [0.1, 0.15) is 57.9 Å². The van der Waals surface area contributed by atoms with Crippen molar-refractivity contribution in [3.05, 3.63) is 22.4 Å². The highest BCUT2D eigenvalue weighted by Crippen LogP contribution is 2.33. The van der Waals surface area contributed by atoms with Crippen molar-refractivity contribution < 1.29 is 0 Å². The molecule has 0 bridgehead atoms. The maximum atomic E-state index is 3.77. The van der Waals surface area contributed by atoms with E-state index in [2.05, 4.69) is 55.4 Å². The Labute approximate surface area is 128 Å². The maximum Gasteiger partial charge on any atom is 0.0443 e. The second-order valence-electron chi connectivity index (χ2n) is 6.34. The molecule has 114 valence electrons. The lowest BCUT2D eigenvalue weighted by Gasteiger charge is -2.46. The predicted octanol–water partition coefficient (Wildman–Crippen LogP) is 4.30. The van der Waals surface area contributed by atoms with E-state index in [1.807, 2.05) is 11.3 Å². The van der Waals surface area contributed by atoms with Gasteiger partial charge < -0.3 is 5.32 Å². The molecular formula is C17H30N2S. The van der Waals surface area contributed by atoms with Crippen molar-refractivity contribution >= 4 is 11.3 Å². The quantitative estimate of drug-likeness (QED) is 0.841. The molecule has 3 heteroatoms. The van der Waals surface area contributed by atoms with Crippen molar-refractivity contribution in [2.45, 2.75) is 65.1 Å². The summed E-state index contributed by atoms with van der Waals surface area (Å²) in [5, 5.41) is 5.98. The highest BCUT2D eigenvalue weighted by Gasteiger charge is 2.34. The molecule has 0 spiro atoms. The molecule has 1 aromatic heterocycles. The van der Waals surface area contributed by atoms with E-state index in [-0.39, 0.29) is 0 Å². The van der Waals surface area contributed by atoms with Crippen LogP contribution < -0.4 is 5.32 Å². The fraction of sp³-hybridized carbons (Fsp3) is 0.765. The molecule has 0 amide bonds. The Morgan fingerprint density at radius 1 is 1.40 bits per heavy atom. The van der Waals surface area contributed by atoms with Gasteiger partial charge in [-0.1, -0.05) is 40.2 Å². The fourth-order valence-corrected chi connectivity index (χ4v) is 4.39. The van der Waals surface area contributed by atoms with Crippen LogP contribution in [-0.4, -0.2) is 30.1 Å². The lowest BCUT2D eigenvalue weighted by Crippen LogP contribution is -2.58. The third-order valence-electron chi connectivity index (χ3n) is 4.54. The van der Waals surface area contributed by atoms with Crippen molar-refractivity contribution in [2.24, 2.45) is 5.92 Å². The zero-order chi connectivity index (χ0) is 14.5. The van der Waals surface area contributed by atoms with E-state index in [4.69, 9.17) is 0 Å². The lowest BCUT2D eigenvalue weighted by molar-refractivity contribution is 0.0522. The number of hydrogen-bond donors (Lipinski definition) is 1. The van der Waals surface area contributed by atoms with Crippen LogP contribution >= 0.6 is 11.3 Å². The molecule has 3 atom stereocenters. The van der Waals surface area contributed by atoms with Gasteiger partial charge >= 0.3 is 0 Å². The summed E-state index contributed by atoms with van der Waals surface area (Å²) in [5.41, 5.74) is 0. The maximum absolute atomic E-state index is 3.77. The molecule has 20 heavy (non-hydrogen) atoms. The van der Waals surface area contributed by atoms with Crippen molar-refractivity contribution in [1.82, 2.24) is 10.2 Å². The van der Waals surface area contributed by atoms with E-state index in [1.165, 1.54) is 30.7 Å². The van der Waals surface area contributed by atoms with E-state index >= 15 is 0 Å². The van der Waals surface area contributed by atoms with E-state index in [0.29, 0.717) is 24.0 Å². The van der Waals surface area contributed by atoms with Gasteiger partial charge in [0.15, 0.2) is 0 Å². The normalized spacial score (nSPS) is 26.1. The highest BCUT2D eigenvalue weighted by atomic mass is 32.1. The molecule has 2 nitrogen and oxygen atoms in total. The molecule has 0 aromatic carbocycles. The average Bonchev–Trinajstić information content (AvgIpc) is 2.94. The van der Waals surface area contributed by atoms with Crippen LogP contribution in [0.15, 0.2) is 17.5 Å². The summed E-state index contributed by atoms with van der Waals surface area (Å²) >= 11 is 1.92. The Morgan fingerprint density at radius 3 is 2.75 bits per heavy atom. The van der Waals surface area contributed by atoms with Gasteiger partial charge in [0, 0.05) is 36.1 Å². The summed E-state index contributed by atoms with van der Waals surface area (Å²) in [4.78, 5) is 4.32. The summed E-state index contributed by atoms with van der Waals surface area (Å²) in [6.07, 6.45) is 3.78. The summed E-state index contributed by atoms with van der Waals surface area (Å²) < 4.78 is 0. The highest BCUT2D eigenvalue weighted by molar-refractivity contribution is 7.10. The molecule has 1 N–H and O–H groups in total. The van der Waals surface area contributed by atoms with Gasteiger partial charge in [-0.25, -0.2) is 0 Å². The lowest BCUT2D eigenvalue weighted by atomic mass is 9.94. The third-order valence-corrected chi connectivity index (χ3v) is 5.51. The van der Waals surface area contributed by atoms with Crippen LogP contribution in [0.5, 0.6) is 0 Å². The minimum atomic E-state index is 0.601. The molecule has 1 aromatic rings. The Morgan fingerprint density at radius 2 is 2.20 bits per heavy atom. The minimum Gasteiger partial charge on any atom is -0.311 e. The zero-order valence-corrected chi connectivity index (χ0v) is 14.2. The van der Waals surface area contributed by atoms with Gasteiger partial charge in [-0.2, -0.15) is 0 Å². The summed E-state index contributed by atoms with van der Waals surface area (Å²) in [6, 6.07) is 6.44. The van der Waals surface area contributed by atoms with Crippen molar-refractivity contribution in [2.75, 3.05) is 13.1 Å². The number of thiophene rings is 1. The second kappa shape index (κ2) is 7.58. The Hall–Kier alpha value is -0.380. The topological polar surface area (TPSA) is 15.3 Å². The van der Waals surface area contributed by atoms with Crippen LogP contribution in [0, 0.1) is 5.92 Å². The Kier molecular flexibility index (Phi) is 6.06. The van der Waals surface area contributed by atoms with Crippen LogP contribution in [0.4, 0.5) is 0 Å². The molecule has 1 aliphatic rings. The Bertz CT molecular complexity index is 374. The fourth-order valence-electron chi connectivity index (χ4n) is 3.46. The Balaban J connectivity index is 2.17. The molecule has 2 rings (SSSR count). The number of piperazine rings is 1. The second-order valence-corrected chi connectivity index (χ2v) is 7.32. The molecule has 3 unspecified atom stereocenters. The van der Waals surface area contributed by atoms with Crippen LogP contribution in [0.25, 0.3) is 0 Å². The number of nitrogens with zero attached hydrogens (tertiary/aromatic N) is 1. The monoisotopic (exact) mass is 294 g/mol. The van der Waals surface area contributed by atoms with E-state index in [0.717, 1.165) is 6.54 Å². The van der Waals surface area contributed by atoms with Crippen molar-refractivity contribution in [3.8, 4) is 0 Å². The average molecular weight is 295 g/mol. The smallest absolute Gasteiger partial charge is 0.0443 e. The summed E-state index contributed by atoms with van der Waals surface area (Å²) in [5.74, 6) is 0.707. The SMILES string of the molecule is CCCC1CN(C(CC)c2cccs2)C(C(C)C)CN1. The van der Waals surface area contributed by atoms with Crippen LogP contribution in [-0.2, 0) is 0 Å². The summed E-state index contributed by atoms with van der Waals surface area (Å²) in [7, 11) is 0. The molecular weight excluding hydrogens is 264 g/mol. The van der Waals surface area contributed by atoms with Crippen molar-refractivity contribution in [1.29, 1.82) is 0 Å². The van der Waals surface area contributed by atoms with Crippen LogP contribution in [0.2, 0.25) is 0 Å². The van der Waals surface area contributed by atoms with Gasteiger partial charge in [0.2, 0.25) is 0 Å². The van der Waals surface area contributed by atoms with Crippen molar-refractivity contribution in [3.63, 3.8) is 0 Å². The van der Waals surface area contributed by atoms with E-state index in [9.17, 15) is 0 Å². The van der Waals surface area contributed by atoms with E-state index in [1.54, 1.807) is 0 Å². The first-order valence-electron chi connectivity index (χ1n) is 8.19. The van der Waals surface area contributed by atoms with Gasteiger partial charge in [0.1, 0.15) is 0 Å². The standard InChI is InChI=1S/C17H30N2S/c1-5-8-14-12-19(16(11-18-14)13(3)4)15(6-2)17-9-7-10-20-17/h7,9-10,13-16,18H,5-6,8,11-12H2,1-4H3. The summed E-state index contributed by atoms with van der Waals surface area (Å²) in [6.45, 7) is 11.7. The van der Waals surface area contributed by atoms with Crippen LogP contribution in [0.3, 0.4) is 0 Å². The first-order valence-corrected chi connectivity index (χ1v) is 9.07. The van der Waals surface area contributed by atoms with Gasteiger partial charge in [-0.05, 0) is 30.2 Å². The molecule has 0 saturated carbocycles. The van der Waals surface area contributed by atoms with Gasteiger partial charge in [0.05, 0.1) is 0 Å². The molecule has 1 saturated heterocycles. The molecule has 1 fully saturated rings. The first kappa shape index (κ1) is 16.0. The van der Waals surface area contributed by atoms with Gasteiger partial charge in [0.25, 0.3) is 0 Å². The number of hydrogen-bond acceptors (Lipinski definition) is 3. The van der Waals surface area contributed by atoms with Gasteiger partial charge in [-0.15, -0.1) is 11.3 Å². The molecule has 0 radical (unpaired) electrons. The number of nitrogens with one attached hydrogen (secondary N) is 1. The van der Waals surface area contributed by atoms with Gasteiger partial charge in [-0.3, -0.25) is 4.90 Å². The molecule has 1 aliphatic heterocycles. The van der Waals surface area contributed by atoms with E-state index < -0.39 is 0 Å². The predicted molar refractivity (Wildman–Crippen MR) is 89.4 cm³/mol. The largest absolute Gasteiger partial charge is 0.311 e. The first-order chi connectivity index (χ1) is 9.67. The zero-order valence-electron chi connectivity index (χ0n) is 13.4. The third kappa shape index (κ3) is 3.63. The molecule has 2 heterocycles. The number of rotatable bonds is 6.